The Morgan fingerprint density at radius 1 is 1.40 bits per heavy atom. The Labute approximate surface area is 76.4 Å². The van der Waals surface area contributed by atoms with Crippen LogP contribution in [-0.2, 0) is 0 Å². The normalized spacial score (nSPS) is 9.40. The van der Waals surface area contributed by atoms with E-state index >= 15 is 0 Å². The second-order valence-electron chi connectivity index (χ2n) is 1.73. The van der Waals surface area contributed by atoms with Crippen molar-refractivity contribution in [2.45, 2.75) is 0 Å². The van der Waals surface area contributed by atoms with Gasteiger partial charge in [0.2, 0.25) is 0 Å². The Morgan fingerprint density at radius 2 is 2.10 bits per heavy atom. The number of halogens is 2. The molecule has 1 rings (SSSR count). The molecule has 0 saturated heterocycles. The van der Waals surface area contributed by atoms with Crippen LogP contribution in [0.4, 0.5) is 0 Å². The van der Waals surface area contributed by atoms with Crippen molar-refractivity contribution < 1.29 is 0 Å². The zero-order valence-electron chi connectivity index (χ0n) is 5.14. The van der Waals surface area contributed by atoms with Gasteiger partial charge in [0.1, 0.15) is 0 Å². The van der Waals surface area contributed by atoms with Gasteiger partial charge < -0.3 is 0 Å². The van der Waals surface area contributed by atoms with Crippen LogP contribution in [0.3, 0.4) is 0 Å². The molecule has 1 aromatic rings. The molecule has 0 fully saturated rings. The Kier molecular flexibility index (Phi) is 2.63. The third kappa shape index (κ3) is 1.67. The fraction of sp³-hybridized carbons (Fsp3) is 0. The summed E-state index contributed by atoms with van der Waals surface area (Å²) in [7, 11) is 0. The summed E-state index contributed by atoms with van der Waals surface area (Å²) in [5.74, 6) is 0. The van der Waals surface area contributed by atoms with Crippen molar-refractivity contribution in [2.75, 3.05) is 0 Å². The molecular formula is C7H5Br2N. The van der Waals surface area contributed by atoms with E-state index in [4.69, 9.17) is 0 Å². The summed E-state index contributed by atoms with van der Waals surface area (Å²) in [5, 5.41) is 0. The Bertz CT molecular complexity index is 258. The molecule has 0 N–H and O–H groups in total. The predicted octanol–water partition coefficient (Wildman–Crippen LogP) is 3.25. The van der Waals surface area contributed by atoms with Crippen molar-refractivity contribution >= 4 is 37.9 Å². The molecule has 0 aliphatic carbocycles. The lowest BCUT2D eigenvalue weighted by Crippen LogP contribution is -1.79. The van der Waals surface area contributed by atoms with Crippen molar-refractivity contribution in [2.24, 2.45) is 0 Å². The van der Waals surface area contributed by atoms with Crippen LogP contribution in [0.15, 0.2) is 27.8 Å². The summed E-state index contributed by atoms with van der Waals surface area (Å²) in [5.41, 5.74) is 0.870. The van der Waals surface area contributed by atoms with Crippen LogP contribution < -0.4 is 0 Å². The molecule has 0 radical (unpaired) electrons. The molecule has 0 aliphatic heterocycles. The molecule has 52 valence electrons. The van der Waals surface area contributed by atoms with Gasteiger partial charge in [-0.05, 0) is 44.0 Å². The van der Waals surface area contributed by atoms with Crippen molar-refractivity contribution in [3.63, 3.8) is 0 Å². The SMILES string of the molecule is C=Cc1cc(Br)c(Br)cn1. The van der Waals surface area contributed by atoms with Gasteiger partial charge in [-0.1, -0.05) is 6.58 Å². The van der Waals surface area contributed by atoms with Crippen LogP contribution in [-0.4, -0.2) is 4.98 Å². The van der Waals surface area contributed by atoms with Gasteiger partial charge in [-0.3, -0.25) is 4.98 Å². The summed E-state index contributed by atoms with van der Waals surface area (Å²) in [6.45, 7) is 3.60. The lowest BCUT2D eigenvalue weighted by molar-refractivity contribution is 1.26. The standard InChI is InChI=1S/C7H5Br2N/c1-2-5-3-6(8)7(9)4-10-5/h2-4H,1H2. The summed E-state index contributed by atoms with van der Waals surface area (Å²) >= 11 is 6.67. The van der Waals surface area contributed by atoms with Crippen LogP contribution >= 0.6 is 31.9 Å². The van der Waals surface area contributed by atoms with Gasteiger partial charge in [-0.15, -0.1) is 0 Å². The van der Waals surface area contributed by atoms with Gasteiger partial charge in [0.25, 0.3) is 0 Å². The van der Waals surface area contributed by atoms with Gasteiger partial charge in [0.15, 0.2) is 0 Å². The van der Waals surface area contributed by atoms with Gasteiger partial charge >= 0.3 is 0 Å². The molecule has 1 nitrogen and oxygen atoms in total. The molecule has 0 aliphatic rings. The van der Waals surface area contributed by atoms with E-state index in [1.54, 1.807) is 12.3 Å². The highest BCUT2D eigenvalue weighted by atomic mass is 79.9. The molecule has 10 heavy (non-hydrogen) atoms. The third-order valence-corrected chi connectivity index (χ3v) is 2.86. The molecule has 0 saturated carbocycles. The first-order valence-electron chi connectivity index (χ1n) is 2.67. The third-order valence-electron chi connectivity index (χ3n) is 1.04. The monoisotopic (exact) mass is 261 g/mol. The molecule has 1 heterocycles. The second-order valence-corrected chi connectivity index (χ2v) is 3.44. The average molecular weight is 263 g/mol. The zero-order valence-corrected chi connectivity index (χ0v) is 8.31. The van der Waals surface area contributed by atoms with E-state index in [0.29, 0.717) is 0 Å². The van der Waals surface area contributed by atoms with Crippen LogP contribution in [0.2, 0.25) is 0 Å². The zero-order chi connectivity index (χ0) is 7.56. The summed E-state index contributed by atoms with van der Waals surface area (Å²) in [4.78, 5) is 4.06. The topological polar surface area (TPSA) is 12.9 Å². The minimum absolute atomic E-state index is 0.870. The van der Waals surface area contributed by atoms with E-state index in [2.05, 4.69) is 43.4 Å². The first-order chi connectivity index (χ1) is 4.74. The van der Waals surface area contributed by atoms with Gasteiger partial charge in [0.05, 0.1) is 10.2 Å². The van der Waals surface area contributed by atoms with Crippen molar-refractivity contribution in [1.82, 2.24) is 4.98 Å². The molecule has 3 heteroatoms. The van der Waals surface area contributed by atoms with E-state index in [-0.39, 0.29) is 0 Å². The number of hydrogen-bond donors (Lipinski definition) is 0. The molecule has 0 amide bonds. The van der Waals surface area contributed by atoms with Crippen LogP contribution in [0.1, 0.15) is 5.69 Å². The Hall–Kier alpha value is -0.150. The van der Waals surface area contributed by atoms with E-state index in [1.165, 1.54) is 0 Å². The minimum Gasteiger partial charge on any atom is -0.256 e. The van der Waals surface area contributed by atoms with Crippen molar-refractivity contribution in [3.05, 3.63) is 33.5 Å². The number of rotatable bonds is 1. The molecule has 0 atom stereocenters. The van der Waals surface area contributed by atoms with Gasteiger partial charge in [0, 0.05) is 10.7 Å². The lowest BCUT2D eigenvalue weighted by Gasteiger charge is -1.95. The number of aromatic nitrogens is 1. The van der Waals surface area contributed by atoms with Crippen LogP contribution in [0.5, 0.6) is 0 Å². The van der Waals surface area contributed by atoms with E-state index in [9.17, 15) is 0 Å². The maximum absolute atomic E-state index is 4.06. The number of nitrogens with zero attached hydrogens (tertiary/aromatic N) is 1. The molecule has 1 aromatic heterocycles. The fourth-order valence-corrected chi connectivity index (χ4v) is 1.09. The predicted molar refractivity (Wildman–Crippen MR) is 49.7 cm³/mol. The Balaban J connectivity index is 3.16. The van der Waals surface area contributed by atoms with E-state index in [1.807, 2.05) is 6.07 Å². The van der Waals surface area contributed by atoms with E-state index < -0.39 is 0 Å². The molecule has 0 unspecified atom stereocenters. The average Bonchev–Trinajstić information content (AvgIpc) is 1.95. The molecule has 0 aromatic carbocycles. The molecule has 0 spiro atoms. The smallest absolute Gasteiger partial charge is 0.0635 e. The highest BCUT2D eigenvalue weighted by Crippen LogP contribution is 2.22. The second kappa shape index (κ2) is 3.30. The summed E-state index contributed by atoms with van der Waals surface area (Å²) in [6.07, 6.45) is 3.44. The molecular weight excluding hydrogens is 258 g/mol. The fourth-order valence-electron chi connectivity index (χ4n) is 0.541. The van der Waals surface area contributed by atoms with Gasteiger partial charge in [-0.25, -0.2) is 0 Å². The molecule has 0 bridgehead atoms. The largest absolute Gasteiger partial charge is 0.256 e. The van der Waals surface area contributed by atoms with Crippen molar-refractivity contribution in [3.8, 4) is 0 Å². The highest BCUT2D eigenvalue weighted by molar-refractivity contribution is 9.13. The lowest BCUT2D eigenvalue weighted by atomic mass is 10.3. The maximum Gasteiger partial charge on any atom is 0.0635 e. The summed E-state index contributed by atoms with van der Waals surface area (Å²) < 4.78 is 1.95. The van der Waals surface area contributed by atoms with Gasteiger partial charge in [-0.2, -0.15) is 0 Å². The number of pyridine rings is 1. The summed E-state index contributed by atoms with van der Waals surface area (Å²) in [6, 6.07) is 1.90. The van der Waals surface area contributed by atoms with Crippen molar-refractivity contribution in [1.29, 1.82) is 0 Å². The first kappa shape index (κ1) is 7.95. The van der Waals surface area contributed by atoms with E-state index in [0.717, 1.165) is 14.6 Å². The highest BCUT2D eigenvalue weighted by Gasteiger charge is 1.95. The first-order valence-corrected chi connectivity index (χ1v) is 4.26. The van der Waals surface area contributed by atoms with Crippen LogP contribution in [0.25, 0.3) is 6.08 Å². The maximum atomic E-state index is 4.06. The Morgan fingerprint density at radius 3 is 2.60 bits per heavy atom. The van der Waals surface area contributed by atoms with Crippen LogP contribution in [0, 0.1) is 0 Å². The minimum atomic E-state index is 0.870. The number of hydrogen-bond acceptors (Lipinski definition) is 1. The quantitative estimate of drug-likeness (QED) is 0.757.